The van der Waals surface area contributed by atoms with E-state index in [1.165, 1.54) is 36.4 Å². The highest BCUT2D eigenvalue weighted by Gasteiger charge is 2.27. The fourth-order valence-corrected chi connectivity index (χ4v) is 6.34. The molecule has 0 saturated carbocycles. The maximum Gasteiger partial charge on any atom is 0.336 e. The van der Waals surface area contributed by atoms with Crippen LogP contribution in [0.1, 0.15) is 79.4 Å². The van der Waals surface area contributed by atoms with E-state index in [0.29, 0.717) is 11.4 Å². The van der Waals surface area contributed by atoms with Gasteiger partial charge in [-0.1, -0.05) is 60.7 Å². The third-order valence-electron chi connectivity index (χ3n) is 9.47. The van der Waals surface area contributed by atoms with Crippen LogP contribution in [0.3, 0.4) is 0 Å². The standard InChI is InChI=1S/C46H41N3O8/c1-27(47)28-8-5-9-29(22-28)30-10-6-11-31(23-30)32-12-7-13-34(24-32)48-42(50)40-25-36(18-20-38(40)44(52)53)57-37-19-21-39(45(54)55)41(26-37)43(51)49-46(2,3)33-14-16-35(56-4)17-15-33/h5-27H,47H2,1-4H3,(H,48,50)(H,49,51)(H,52,53)(H,54,55). The van der Waals surface area contributed by atoms with Crippen LogP contribution in [0.25, 0.3) is 22.3 Å². The zero-order valence-electron chi connectivity index (χ0n) is 31.7. The highest BCUT2D eigenvalue weighted by molar-refractivity contribution is 6.11. The van der Waals surface area contributed by atoms with Gasteiger partial charge < -0.3 is 36.1 Å². The van der Waals surface area contributed by atoms with E-state index in [1.54, 1.807) is 63.4 Å². The first-order valence-electron chi connectivity index (χ1n) is 18.0. The minimum Gasteiger partial charge on any atom is -0.497 e. The Labute approximate surface area is 329 Å². The van der Waals surface area contributed by atoms with Gasteiger partial charge in [-0.15, -0.1) is 0 Å². The van der Waals surface area contributed by atoms with Gasteiger partial charge >= 0.3 is 11.9 Å². The van der Waals surface area contributed by atoms with E-state index in [1.807, 2.05) is 55.5 Å². The van der Waals surface area contributed by atoms with E-state index in [-0.39, 0.29) is 39.8 Å². The number of nitrogens with one attached hydrogen (secondary N) is 2. The van der Waals surface area contributed by atoms with Crippen molar-refractivity contribution in [2.75, 3.05) is 12.4 Å². The molecule has 11 heteroatoms. The summed E-state index contributed by atoms with van der Waals surface area (Å²) in [5.74, 6) is -3.19. The first-order chi connectivity index (χ1) is 27.2. The Balaban J connectivity index is 1.23. The van der Waals surface area contributed by atoms with Crippen LogP contribution in [0.2, 0.25) is 0 Å². The molecule has 2 amide bonds. The molecular weight excluding hydrogens is 723 g/mol. The highest BCUT2D eigenvalue weighted by atomic mass is 16.5. The molecule has 0 aromatic heterocycles. The van der Waals surface area contributed by atoms with E-state index in [9.17, 15) is 29.4 Å². The number of anilines is 1. The van der Waals surface area contributed by atoms with Crippen LogP contribution in [0.4, 0.5) is 5.69 Å². The molecule has 0 spiro atoms. The minimum absolute atomic E-state index is 0.0804. The summed E-state index contributed by atoms with van der Waals surface area (Å²) in [5.41, 5.74) is 10.3. The number of methoxy groups -OCH3 is 1. The molecule has 11 nitrogen and oxygen atoms in total. The zero-order chi connectivity index (χ0) is 40.9. The Morgan fingerprint density at radius 2 is 1.09 bits per heavy atom. The number of carboxylic acid groups (broad SMARTS) is 2. The van der Waals surface area contributed by atoms with Crippen LogP contribution in [0.5, 0.6) is 17.2 Å². The number of benzene rings is 6. The molecule has 1 unspecified atom stereocenters. The van der Waals surface area contributed by atoms with Crippen molar-refractivity contribution in [1.29, 1.82) is 0 Å². The van der Waals surface area contributed by atoms with Crippen LogP contribution >= 0.6 is 0 Å². The molecule has 0 fully saturated rings. The van der Waals surface area contributed by atoms with Gasteiger partial charge in [0.15, 0.2) is 0 Å². The second-order valence-electron chi connectivity index (χ2n) is 14.0. The van der Waals surface area contributed by atoms with Crippen LogP contribution in [0, 0.1) is 0 Å². The minimum atomic E-state index is -1.32. The van der Waals surface area contributed by atoms with Gasteiger partial charge in [0.05, 0.1) is 34.9 Å². The molecular formula is C46H41N3O8. The molecule has 6 aromatic rings. The lowest BCUT2D eigenvalue weighted by molar-refractivity contribution is 0.0682. The number of nitrogens with two attached hydrogens (primary N) is 1. The fourth-order valence-electron chi connectivity index (χ4n) is 6.34. The van der Waals surface area contributed by atoms with E-state index in [0.717, 1.165) is 33.4 Å². The summed E-state index contributed by atoms with van der Waals surface area (Å²) in [7, 11) is 1.55. The second kappa shape index (κ2) is 16.6. The molecule has 6 aromatic carbocycles. The molecule has 6 rings (SSSR count). The molecule has 1 atom stereocenters. The average Bonchev–Trinajstić information content (AvgIpc) is 3.20. The van der Waals surface area contributed by atoms with Crippen molar-refractivity contribution < 1.29 is 38.9 Å². The number of carboxylic acids is 2. The lowest BCUT2D eigenvalue weighted by Gasteiger charge is -2.27. The predicted octanol–water partition coefficient (Wildman–Crippen LogP) is 9.16. The Hall–Kier alpha value is -7.24. The van der Waals surface area contributed by atoms with Crippen molar-refractivity contribution in [1.82, 2.24) is 5.32 Å². The highest BCUT2D eigenvalue weighted by Crippen LogP contribution is 2.31. The smallest absolute Gasteiger partial charge is 0.336 e. The second-order valence-corrected chi connectivity index (χ2v) is 14.0. The number of carbonyl (C=O) groups excluding carboxylic acids is 2. The monoisotopic (exact) mass is 763 g/mol. The molecule has 6 N–H and O–H groups in total. The summed E-state index contributed by atoms with van der Waals surface area (Å²) in [4.78, 5) is 51.6. The van der Waals surface area contributed by atoms with E-state index in [4.69, 9.17) is 15.2 Å². The number of hydrogen-bond donors (Lipinski definition) is 5. The summed E-state index contributed by atoms with van der Waals surface area (Å²) in [6, 6.07) is 38.0. The molecule has 288 valence electrons. The molecule has 0 radical (unpaired) electrons. The molecule has 0 aliphatic carbocycles. The molecule has 0 aliphatic rings. The fraction of sp³-hybridized carbons (Fsp3) is 0.130. The van der Waals surface area contributed by atoms with Gasteiger partial charge in [-0.05, 0) is 127 Å². The van der Waals surface area contributed by atoms with Crippen LogP contribution < -0.4 is 25.8 Å². The van der Waals surface area contributed by atoms with Gasteiger partial charge in [0.1, 0.15) is 17.2 Å². The van der Waals surface area contributed by atoms with E-state index in [2.05, 4.69) is 16.7 Å². The lowest BCUT2D eigenvalue weighted by Crippen LogP contribution is -2.41. The van der Waals surface area contributed by atoms with Crippen molar-refractivity contribution in [3.63, 3.8) is 0 Å². The number of hydrogen-bond acceptors (Lipinski definition) is 7. The first-order valence-corrected chi connectivity index (χ1v) is 18.0. The Morgan fingerprint density at radius 1 is 0.596 bits per heavy atom. The SMILES string of the molecule is COc1ccc(C(C)(C)NC(=O)c2cc(Oc3ccc(C(=O)O)c(C(=O)Nc4cccc(-c5cccc(-c6cccc(C(C)N)c6)c5)c4)c3)ccc2C(=O)O)cc1. The number of aromatic carboxylic acids is 2. The van der Waals surface area contributed by atoms with Crippen molar-refractivity contribution >= 4 is 29.4 Å². The Kier molecular flexibility index (Phi) is 11.5. The van der Waals surface area contributed by atoms with Gasteiger partial charge in [-0.2, -0.15) is 0 Å². The quantitative estimate of drug-likeness (QED) is 0.0767. The molecule has 0 heterocycles. The van der Waals surface area contributed by atoms with E-state index >= 15 is 0 Å². The third kappa shape index (κ3) is 9.18. The number of ether oxygens (including phenoxy) is 2. The zero-order valence-corrected chi connectivity index (χ0v) is 31.7. The molecule has 0 aliphatic heterocycles. The van der Waals surface area contributed by atoms with Crippen LogP contribution in [0.15, 0.2) is 133 Å². The summed E-state index contributed by atoms with van der Waals surface area (Å²) >= 11 is 0. The van der Waals surface area contributed by atoms with Crippen molar-refractivity contribution in [2.24, 2.45) is 5.73 Å². The predicted molar refractivity (Wildman–Crippen MR) is 218 cm³/mol. The summed E-state index contributed by atoms with van der Waals surface area (Å²) < 4.78 is 11.2. The number of carbonyl (C=O) groups is 4. The maximum atomic E-state index is 13.7. The van der Waals surface area contributed by atoms with Gasteiger partial charge in [0.25, 0.3) is 11.8 Å². The Bertz CT molecular complexity index is 2490. The normalized spacial score (nSPS) is 11.6. The van der Waals surface area contributed by atoms with Crippen molar-refractivity contribution in [3.8, 4) is 39.5 Å². The topological polar surface area (TPSA) is 177 Å². The number of amides is 2. The summed E-state index contributed by atoms with van der Waals surface area (Å²) in [6.45, 7) is 5.49. The summed E-state index contributed by atoms with van der Waals surface area (Å²) in [5, 5.41) is 25.6. The largest absolute Gasteiger partial charge is 0.497 e. The Morgan fingerprint density at radius 3 is 1.63 bits per heavy atom. The van der Waals surface area contributed by atoms with Gasteiger partial charge in [0, 0.05) is 11.7 Å². The average molecular weight is 764 g/mol. The molecule has 0 bridgehead atoms. The van der Waals surface area contributed by atoms with Crippen molar-refractivity contribution in [2.45, 2.75) is 32.4 Å². The summed E-state index contributed by atoms with van der Waals surface area (Å²) in [6.07, 6.45) is 0. The lowest BCUT2D eigenvalue weighted by atomic mass is 9.93. The molecule has 0 saturated heterocycles. The third-order valence-corrected chi connectivity index (χ3v) is 9.47. The number of rotatable bonds is 13. The van der Waals surface area contributed by atoms with Crippen LogP contribution in [-0.4, -0.2) is 41.1 Å². The van der Waals surface area contributed by atoms with Gasteiger partial charge in [0.2, 0.25) is 0 Å². The van der Waals surface area contributed by atoms with Crippen LogP contribution in [-0.2, 0) is 5.54 Å². The molecule has 57 heavy (non-hydrogen) atoms. The van der Waals surface area contributed by atoms with E-state index < -0.39 is 29.3 Å². The van der Waals surface area contributed by atoms with Crippen molar-refractivity contribution in [3.05, 3.63) is 167 Å². The van der Waals surface area contributed by atoms with Gasteiger partial charge in [-0.25, -0.2) is 9.59 Å². The maximum absolute atomic E-state index is 13.7. The first kappa shape index (κ1) is 39.5. The van der Waals surface area contributed by atoms with Gasteiger partial charge in [-0.3, -0.25) is 9.59 Å².